The number of hydrogen-bond donors (Lipinski definition) is 1. The molecule has 0 spiro atoms. The maximum Gasteiger partial charge on any atom is 0.335 e. The summed E-state index contributed by atoms with van der Waals surface area (Å²) >= 11 is 0. The number of amides is 4. The molecule has 3 rings (SSSR count). The normalized spacial score (nSPS) is 16.6. The molecule has 1 N–H and O–H groups in total. The first-order valence-electron chi connectivity index (χ1n) is 7.36. The molecule has 25 heavy (non-hydrogen) atoms. The van der Waals surface area contributed by atoms with Gasteiger partial charge in [-0.05, 0) is 48.6 Å². The molecule has 2 heterocycles. The van der Waals surface area contributed by atoms with E-state index in [-0.39, 0.29) is 5.57 Å². The first kappa shape index (κ1) is 16.3. The van der Waals surface area contributed by atoms with Gasteiger partial charge in [0.25, 0.3) is 11.8 Å². The fourth-order valence-electron chi connectivity index (χ4n) is 2.27. The second-order valence-electron chi connectivity index (χ2n) is 5.05. The van der Waals surface area contributed by atoms with Crippen molar-refractivity contribution < 1.29 is 23.5 Å². The van der Waals surface area contributed by atoms with Gasteiger partial charge < -0.3 is 9.15 Å². The first-order chi connectivity index (χ1) is 12.1. The van der Waals surface area contributed by atoms with E-state index in [1.807, 2.05) is 0 Å². The van der Waals surface area contributed by atoms with Crippen molar-refractivity contribution in [3.8, 4) is 5.75 Å². The van der Waals surface area contributed by atoms with Gasteiger partial charge in [-0.3, -0.25) is 14.9 Å². The van der Waals surface area contributed by atoms with Crippen molar-refractivity contribution in [1.29, 1.82) is 0 Å². The molecule has 0 aliphatic carbocycles. The Morgan fingerprint density at radius 1 is 1.12 bits per heavy atom. The lowest BCUT2D eigenvalue weighted by Crippen LogP contribution is -2.54. The quantitative estimate of drug-likeness (QED) is 0.683. The van der Waals surface area contributed by atoms with E-state index in [0.29, 0.717) is 17.2 Å². The number of urea groups is 1. The summed E-state index contributed by atoms with van der Waals surface area (Å²) in [5.74, 6) is -0.294. The van der Waals surface area contributed by atoms with Crippen LogP contribution in [0.4, 0.5) is 10.5 Å². The van der Waals surface area contributed by atoms with Gasteiger partial charge in [0, 0.05) is 0 Å². The molecule has 0 saturated carbocycles. The van der Waals surface area contributed by atoms with Gasteiger partial charge in [0.2, 0.25) is 0 Å². The number of nitrogens with zero attached hydrogens (tertiary/aromatic N) is 1. The predicted octanol–water partition coefficient (Wildman–Crippen LogP) is 2.51. The topological polar surface area (TPSA) is 88.8 Å². The zero-order valence-corrected chi connectivity index (χ0v) is 13.3. The van der Waals surface area contributed by atoms with Gasteiger partial charge in [0.15, 0.2) is 0 Å². The fourth-order valence-corrected chi connectivity index (χ4v) is 2.27. The van der Waals surface area contributed by atoms with Gasteiger partial charge in [0.1, 0.15) is 17.1 Å². The Morgan fingerprint density at radius 2 is 1.88 bits per heavy atom. The number of furan rings is 1. The number of carbonyl (C=O) groups excluding carboxylic acids is 3. The van der Waals surface area contributed by atoms with Crippen LogP contribution in [-0.2, 0) is 9.59 Å². The minimum Gasteiger partial charge on any atom is -0.497 e. The number of allylic oxidation sites excluding steroid dienone is 2. The van der Waals surface area contributed by atoms with Crippen LogP contribution in [0, 0.1) is 0 Å². The Morgan fingerprint density at radius 3 is 2.52 bits per heavy atom. The van der Waals surface area contributed by atoms with Crippen LogP contribution in [0.1, 0.15) is 5.76 Å². The second kappa shape index (κ2) is 6.88. The van der Waals surface area contributed by atoms with Gasteiger partial charge >= 0.3 is 6.03 Å². The van der Waals surface area contributed by atoms with Crippen molar-refractivity contribution in [2.24, 2.45) is 0 Å². The highest BCUT2D eigenvalue weighted by atomic mass is 16.5. The highest BCUT2D eigenvalue weighted by Crippen LogP contribution is 2.23. The highest BCUT2D eigenvalue weighted by molar-refractivity contribution is 6.37. The van der Waals surface area contributed by atoms with Gasteiger partial charge in [-0.15, -0.1) is 0 Å². The third-order valence-corrected chi connectivity index (χ3v) is 3.50. The van der Waals surface area contributed by atoms with Crippen LogP contribution in [0.2, 0.25) is 0 Å². The summed E-state index contributed by atoms with van der Waals surface area (Å²) in [7, 11) is 1.51. The van der Waals surface area contributed by atoms with E-state index in [2.05, 4.69) is 5.32 Å². The Bertz CT molecular complexity index is 863. The van der Waals surface area contributed by atoms with E-state index in [4.69, 9.17) is 9.15 Å². The van der Waals surface area contributed by atoms with Gasteiger partial charge in [-0.1, -0.05) is 6.08 Å². The zero-order valence-electron chi connectivity index (χ0n) is 13.3. The molecule has 7 heteroatoms. The van der Waals surface area contributed by atoms with Crippen LogP contribution in [0.3, 0.4) is 0 Å². The van der Waals surface area contributed by atoms with Crippen LogP contribution in [0.25, 0.3) is 6.08 Å². The van der Waals surface area contributed by atoms with Crippen molar-refractivity contribution >= 4 is 29.6 Å². The number of carbonyl (C=O) groups is 3. The first-order valence-corrected chi connectivity index (χ1v) is 7.36. The van der Waals surface area contributed by atoms with E-state index >= 15 is 0 Å². The zero-order chi connectivity index (χ0) is 17.8. The van der Waals surface area contributed by atoms with E-state index in [1.54, 1.807) is 42.5 Å². The molecule has 4 amide bonds. The van der Waals surface area contributed by atoms with E-state index in [0.717, 1.165) is 4.90 Å². The van der Waals surface area contributed by atoms with Gasteiger partial charge in [0.05, 0.1) is 19.1 Å². The summed E-state index contributed by atoms with van der Waals surface area (Å²) in [6.07, 6.45) is 5.95. The van der Waals surface area contributed by atoms with Crippen LogP contribution < -0.4 is 15.0 Å². The molecule has 2 aromatic rings. The minimum absolute atomic E-state index is 0.154. The Kier molecular flexibility index (Phi) is 4.47. The minimum atomic E-state index is -0.799. The lowest BCUT2D eigenvalue weighted by Gasteiger charge is -2.26. The average Bonchev–Trinajstić information content (AvgIpc) is 3.11. The largest absolute Gasteiger partial charge is 0.497 e. The number of nitrogens with one attached hydrogen (secondary N) is 1. The summed E-state index contributed by atoms with van der Waals surface area (Å²) < 4.78 is 10.2. The fraction of sp³-hybridized carbons (Fsp3) is 0.0556. The summed E-state index contributed by atoms with van der Waals surface area (Å²) in [6.45, 7) is 0. The van der Waals surface area contributed by atoms with Crippen molar-refractivity contribution in [3.05, 3.63) is 66.1 Å². The third-order valence-electron chi connectivity index (χ3n) is 3.50. The summed E-state index contributed by atoms with van der Waals surface area (Å²) in [4.78, 5) is 37.5. The maximum atomic E-state index is 12.6. The van der Waals surface area contributed by atoms with Crippen molar-refractivity contribution in [1.82, 2.24) is 5.32 Å². The smallest absolute Gasteiger partial charge is 0.335 e. The SMILES string of the molecule is COc1ccc(N2C(=O)NC(=O)/C(=C/C=C/c3ccco3)C2=O)cc1. The number of rotatable bonds is 4. The predicted molar refractivity (Wildman–Crippen MR) is 89.8 cm³/mol. The summed E-state index contributed by atoms with van der Waals surface area (Å²) in [5, 5.41) is 2.15. The van der Waals surface area contributed by atoms with E-state index in [1.165, 1.54) is 25.5 Å². The van der Waals surface area contributed by atoms with E-state index in [9.17, 15) is 14.4 Å². The van der Waals surface area contributed by atoms with Crippen LogP contribution >= 0.6 is 0 Å². The molecule has 7 nitrogen and oxygen atoms in total. The van der Waals surface area contributed by atoms with Crippen molar-refractivity contribution in [2.45, 2.75) is 0 Å². The highest BCUT2D eigenvalue weighted by Gasteiger charge is 2.36. The Labute approximate surface area is 143 Å². The second-order valence-corrected chi connectivity index (χ2v) is 5.05. The molecular weight excluding hydrogens is 324 g/mol. The molecule has 0 unspecified atom stereocenters. The number of imide groups is 2. The number of methoxy groups -OCH3 is 1. The molecule has 1 aromatic heterocycles. The Balaban J connectivity index is 1.88. The van der Waals surface area contributed by atoms with Crippen LogP contribution in [-0.4, -0.2) is 25.0 Å². The van der Waals surface area contributed by atoms with Crippen molar-refractivity contribution in [3.63, 3.8) is 0 Å². The molecule has 0 atom stereocenters. The summed E-state index contributed by atoms with van der Waals surface area (Å²) in [6, 6.07) is 9.00. The molecule has 1 aromatic carbocycles. The number of hydrogen-bond acceptors (Lipinski definition) is 5. The lowest BCUT2D eigenvalue weighted by molar-refractivity contribution is -0.122. The molecule has 126 valence electrons. The molecule has 0 bridgehead atoms. The lowest BCUT2D eigenvalue weighted by atomic mass is 10.1. The molecule has 1 fully saturated rings. The number of anilines is 1. The molecule has 1 saturated heterocycles. The third kappa shape index (κ3) is 3.35. The molecule has 1 aliphatic rings. The van der Waals surface area contributed by atoms with Gasteiger partial charge in [-0.25, -0.2) is 9.69 Å². The molecule has 0 radical (unpaired) electrons. The Hall–Kier alpha value is -3.61. The maximum absolute atomic E-state index is 12.6. The molecule has 1 aliphatic heterocycles. The summed E-state index contributed by atoms with van der Waals surface area (Å²) in [5.41, 5.74) is 0.176. The monoisotopic (exact) mass is 338 g/mol. The van der Waals surface area contributed by atoms with Crippen LogP contribution in [0.15, 0.2) is 64.8 Å². The standard InChI is InChI=1S/C18H14N2O5/c1-24-13-9-7-12(8-10-13)20-17(22)15(16(21)19-18(20)23)6-2-4-14-5-3-11-25-14/h2-11H,1H3,(H,19,21,23)/b4-2+,15-6-. The average molecular weight is 338 g/mol. The van der Waals surface area contributed by atoms with Crippen molar-refractivity contribution in [2.75, 3.05) is 12.0 Å². The van der Waals surface area contributed by atoms with Crippen LogP contribution in [0.5, 0.6) is 5.75 Å². The number of benzene rings is 1. The number of barbiturate groups is 1. The van der Waals surface area contributed by atoms with Gasteiger partial charge in [-0.2, -0.15) is 0 Å². The van der Waals surface area contributed by atoms with E-state index < -0.39 is 17.8 Å². The molecular formula is C18H14N2O5. The number of ether oxygens (including phenoxy) is 1.